The number of likely N-dealkylation sites (N-methyl/N-ethyl adjacent to an activating group) is 1. The van der Waals surface area contributed by atoms with Crippen LogP contribution in [0.25, 0.3) is 0 Å². The lowest BCUT2D eigenvalue weighted by Crippen LogP contribution is -2.42. The molecule has 0 saturated carbocycles. The Balaban J connectivity index is 1.99. The van der Waals surface area contributed by atoms with E-state index in [0.29, 0.717) is 12.8 Å². The van der Waals surface area contributed by atoms with E-state index in [1.807, 2.05) is 25.8 Å². The predicted octanol–water partition coefficient (Wildman–Crippen LogP) is 1.43. The molecule has 2 fully saturated rings. The first-order valence-electron chi connectivity index (χ1n) is 6.98. The van der Waals surface area contributed by atoms with Gasteiger partial charge in [-0.2, -0.15) is 5.26 Å². The second kappa shape index (κ2) is 4.55. The molecule has 2 heterocycles. The van der Waals surface area contributed by atoms with E-state index in [1.54, 1.807) is 6.08 Å². The third kappa shape index (κ3) is 1.94. The van der Waals surface area contributed by atoms with E-state index in [9.17, 15) is 10.1 Å². The standard InChI is InChI=1S/C14H18N4O3/c1-14(2)12(6-7-15)17-11-8-9(18(19)20)4-5-10(11)16(3)13(17)21-14/h4,6,10-11,13H,5,8H2,1-3H3/b12-6-. The van der Waals surface area contributed by atoms with Crippen LogP contribution in [0.5, 0.6) is 0 Å². The summed E-state index contributed by atoms with van der Waals surface area (Å²) < 4.78 is 6.08. The molecule has 3 unspecified atom stereocenters. The molecule has 0 aromatic heterocycles. The first-order valence-corrected chi connectivity index (χ1v) is 6.98. The van der Waals surface area contributed by atoms with Crippen molar-refractivity contribution in [2.75, 3.05) is 7.05 Å². The Kier molecular flexibility index (Phi) is 3.04. The fourth-order valence-electron chi connectivity index (χ4n) is 3.62. The summed E-state index contributed by atoms with van der Waals surface area (Å²) in [6, 6.07) is 2.23. The van der Waals surface area contributed by atoms with Crippen molar-refractivity contribution in [3.8, 4) is 6.07 Å². The molecule has 0 radical (unpaired) electrons. The van der Waals surface area contributed by atoms with Crippen molar-refractivity contribution in [3.05, 3.63) is 33.7 Å². The number of hydrogen-bond donors (Lipinski definition) is 0. The Morgan fingerprint density at radius 2 is 2.29 bits per heavy atom. The minimum absolute atomic E-state index is 0.0215. The Morgan fingerprint density at radius 1 is 1.57 bits per heavy atom. The maximum absolute atomic E-state index is 11.1. The van der Waals surface area contributed by atoms with Gasteiger partial charge in [-0.25, -0.2) is 0 Å². The summed E-state index contributed by atoms with van der Waals surface area (Å²) in [5, 5.41) is 20.1. The van der Waals surface area contributed by atoms with Crippen LogP contribution in [0.2, 0.25) is 0 Å². The van der Waals surface area contributed by atoms with Crippen molar-refractivity contribution in [3.63, 3.8) is 0 Å². The summed E-state index contributed by atoms with van der Waals surface area (Å²) in [4.78, 5) is 14.9. The number of hydrogen-bond acceptors (Lipinski definition) is 6. The summed E-state index contributed by atoms with van der Waals surface area (Å²) in [7, 11) is 1.97. The van der Waals surface area contributed by atoms with Gasteiger partial charge < -0.3 is 9.64 Å². The van der Waals surface area contributed by atoms with E-state index in [-0.39, 0.29) is 29.1 Å². The summed E-state index contributed by atoms with van der Waals surface area (Å²) >= 11 is 0. The lowest BCUT2D eigenvalue weighted by molar-refractivity contribution is -0.429. The van der Waals surface area contributed by atoms with E-state index in [0.717, 1.165) is 5.70 Å². The maximum Gasteiger partial charge on any atom is 0.244 e. The molecule has 3 atom stereocenters. The molecule has 21 heavy (non-hydrogen) atoms. The van der Waals surface area contributed by atoms with Gasteiger partial charge in [0.1, 0.15) is 5.60 Å². The highest BCUT2D eigenvalue weighted by Crippen LogP contribution is 2.47. The van der Waals surface area contributed by atoms with Crippen LogP contribution in [0.1, 0.15) is 26.7 Å². The van der Waals surface area contributed by atoms with Crippen molar-refractivity contribution in [1.29, 1.82) is 5.26 Å². The smallest absolute Gasteiger partial charge is 0.244 e. The fraction of sp³-hybridized carbons (Fsp3) is 0.643. The zero-order valence-electron chi connectivity index (χ0n) is 12.3. The number of allylic oxidation sites excluding steroid dienone is 1. The Hall–Kier alpha value is -1.91. The molecule has 0 spiro atoms. The Labute approximate surface area is 123 Å². The number of nitriles is 1. The van der Waals surface area contributed by atoms with Gasteiger partial charge in [-0.3, -0.25) is 15.0 Å². The van der Waals surface area contributed by atoms with Gasteiger partial charge in [0, 0.05) is 12.1 Å². The number of ether oxygens (including phenoxy) is 1. The predicted molar refractivity (Wildman–Crippen MR) is 74.1 cm³/mol. The molecule has 112 valence electrons. The molecule has 3 rings (SSSR count). The van der Waals surface area contributed by atoms with Gasteiger partial charge in [0.25, 0.3) is 0 Å². The van der Waals surface area contributed by atoms with Crippen LogP contribution in [0.3, 0.4) is 0 Å². The van der Waals surface area contributed by atoms with E-state index in [1.165, 1.54) is 6.08 Å². The number of nitro groups is 1. The van der Waals surface area contributed by atoms with Crippen molar-refractivity contribution in [2.45, 2.75) is 50.7 Å². The third-order valence-electron chi connectivity index (χ3n) is 4.66. The number of fused-ring (bicyclic) bond motifs is 3. The van der Waals surface area contributed by atoms with Crippen LogP contribution in [0.4, 0.5) is 0 Å². The van der Waals surface area contributed by atoms with Crippen LogP contribution >= 0.6 is 0 Å². The van der Waals surface area contributed by atoms with Gasteiger partial charge in [-0.15, -0.1) is 0 Å². The molecular weight excluding hydrogens is 272 g/mol. The van der Waals surface area contributed by atoms with Crippen LogP contribution < -0.4 is 0 Å². The molecule has 1 aliphatic carbocycles. The van der Waals surface area contributed by atoms with E-state index >= 15 is 0 Å². The topological polar surface area (TPSA) is 82.6 Å². The zero-order chi connectivity index (χ0) is 15.4. The van der Waals surface area contributed by atoms with Gasteiger partial charge in [0.15, 0.2) is 6.35 Å². The highest BCUT2D eigenvalue weighted by Gasteiger charge is 2.57. The maximum atomic E-state index is 11.1. The first-order chi connectivity index (χ1) is 9.86. The highest BCUT2D eigenvalue weighted by atomic mass is 16.6. The monoisotopic (exact) mass is 290 g/mol. The third-order valence-corrected chi connectivity index (χ3v) is 4.66. The van der Waals surface area contributed by atoms with Gasteiger partial charge in [-0.1, -0.05) is 0 Å². The molecule has 0 aromatic rings. The molecule has 3 aliphatic rings. The summed E-state index contributed by atoms with van der Waals surface area (Å²) in [5.74, 6) is 0. The van der Waals surface area contributed by atoms with E-state index < -0.39 is 5.60 Å². The fourth-order valence-corrected chi connectivity index (χ4v) is 3.62. The van der Waals surface area contributed by atoms with Crippen LogP contribution in [-0.4, -0.2) is 45.8 Å². The molecule has 2 aliphatic heterocycles. The number of nitrogens with zero attached hydrogens (tertiary/aromatic N) is 4. The second-order valence-corrected chi connectivity index (χ2v) is 6.21. The van der Waals surface area contributed by atoms with Crippen molar-refractivity contribution >= 4 is 0 Å². The Bertz CT molecular complexity index is 590. The molecule has 2 saturated heterocycles. The lowest BCUT2D eigenvalue weighted by Gasteiger charge is -2.32. The van der Waals surface area contributed by atoms with Crippen molar-refractivity contribution in [1.82, 2.24) is 9.80 Å². The van der Waals surface area contributed by atoms with Crippen molar-refractivity contribution in [2.24, 2.45) is 0 Å². The normalized spacial score (nSPS) is 36.1. The highest BCUT2D eigenvalue weighted by molar-refractivity contribution is 5.28. The van der Waals surface area contributed by atoms with E-state index in [4.69, 9.17) is 10.00 Å². The second-order valence-electron chi connectivity index (χ2n) is 6.21. The Morgan fingerprint density at radius 3 is 2.90 bits per heavy atom. The van der Waals surface area contributed by atoms with Crippen LogP contribution in [0.15, 0.2) is 23.5 Å². The molecule has 0 bridgehead atoms. The molecule has 0 aromatic carbocycles. The van der Waals surface area contributed by atoms with Crippen molar-refractivity contribution < 1.29 is 9.66 Å². The summed E-state index contributed by atoms with van der Waals surface area (Å²) in [6.45, 7) is 3.84. The van der Waals surface area contributed by atoms with Gasteiger partial charge in [0.2, 0.25) is 5.70 Å². The molecule has 7 nitrogen and oxygen atoms in total. The largest absolute Gasteiger partial charge is 0.333 e. The summed E-state index contributed by atoms with van der Waals surface area (Å²) in [5.41, 5.74) is 0.500. The van der Waals surface area contributed by atoms with Gasteiger partial charge in [0.05, 0.1) is 29.2 Å². The SMILES string of the molecule is CN1C2CC=C([N+](=O)[O-])CC2N2/C(=C\C#N)C(C)(C)OC12. The zero-order valence-corrected chi connectivity index (χ0v) is 12.3. The van der Waals surface area contributed by atoms with Crippen LogP contribution in [-0.2, 0) is 4.74 Å². The summed E-state index contributed by atoms with van der Waals surface area (Å²) in [6.07, 6.45) is 3.96. The molecule has 7 heteroatoms. The average Bonchev–Trinajstić information content (AvgIpc) is 2.83. The lowest BCUT2D eigenvalue weighted by atomic mass is 9.92. The number of rotatable bonds is 1. The molecular formula is C14H18N4O3. The molecule has 0 amide bonds. The minimum atomic E-state index is -0.560. The van der Waals surface area contributed by atoms with E-state index in [2.05, 4.69) is 11.0 Å². The average molecular weight is 290 g/mol. The minimum Gasteiger partial charge on any atom is -0.333 e. The first kappa shape index (κ1) is 14.0. The van der Waals surface area contributed by atoms with Gasteiger partial charge in [-0.05, 0) is 33.4 Å². The van der Waals surface area contributed by atoms with Gasteiger partial charge >= 0.3 is 0 Å². The van der Waals surface area contributed by atoms with Crippen LogP contribution in [0, 0.1) is 21.4 Å². The quantitative estimate of drug-likeness (QED) is 0.413. The molecule has 0 N–H and O–H groups in total.